The summed E-state index contributed by atoms with van der Waals surface area (Å²) in [4.78, 5) is 23.8. The van der Waals surface area contributed by atoms with E-state index in [1.54, 1.807) is 0 Å². The molecule has 1 saturated carbocycles. The van der Waals surface area contributed by atoms with Gasteiger partial charge in [-0.2, -0.15) is 0 Å². The number of nitrogens with one attached hydrogen (secondary N) is 3. The fraction of sp³-hybridized carbons (Fsp3) is 0.333. The Balaban J connectivity index is 1.44. The van der Waals surface area contributed by atoms with Crippen LogP contribution in [0.3, 0.4) is 0 Å². The second-order valence-electron chi connectivity index (χ2n) is 6.69. The summed E-state index contributed by atoms with van der Waals surface area (Å²) in [6.45, 7) is 2.33. The molecule has 1 aliphatic carbocycles. The highest BCUT2D eigenvalue weighted by Crippen LogP contribution is 2.30. The number of rotatable bonds is 8. The summed E-state index contributed by atoms with van der Waals surface area (Å²) in [5.74, 6) is 0.182. The Labute approximate surface area is 154 Å². The number of carbonyl (C=O) groups is 2. The molecule has 2 amide bonds. The van der Waals surface area contributed by atoms with Gasteiger partial charge in [0.2, 0.25) is 11.8 Å². The summed E-state index contributed by atoms with van der Waals surface area (Å²) in [5, 5.41) is 8.86. The van der Waals surface area contributed by atoms with Gasteiger partial charge in [0.15, 0.2) is 0 Å². The van der Waals surface area contributed by atoms with Gasteiger partial charge in [0.25, 0.3) is 0 Å². The number of aryl methyl sites for hydroxylation is 1. The lowest BCUT2D eigenvalue weighted by Gasteiger charge is -2.10. The molecule has 0 radical (unpaired) electrons. The largest absolute Gasteiger partial charge is 0.376 e. The second-order valence-corrected chi connectivity index (χ2v) is 6.69. The minimum absolute atomic E-state index is 0.0926. The average Bonchev–Trinajstić information content (AvgIpc) is 3.48. The highest BCUT2D eigenvalue weighted by Gasteiger charge is 2.29. The number of anilines is 3. The molecule has 3 N–H and O–H groups in total. The predicted molar refractivity (Wildman–Crippen MR) is 105 cm³/mol. The first-order valence-electron chi connectivity index (χ1n) is 9.17. The van der Waals surface area contributed by atoms with E-state index in [1.165, 1.54) is 5.56 Å². The minimum Gasteiger partial charge on any atom is -0.376 e. The molecule has 1 fully saturated rings. The van der Waals surface area contributed by atoms with Gasteiger partial charge in [0, 0.05) is 23.0 Å². The number of amides is 2. The maximum Gasteiger partial charge on any atom is 0.243 e. The fourth-order valence-electron chi connectivity index (χ4n) is 2.69. The van der Waals surface area contributed by atoms with Crippen LogP contribution < -0.4 is 16.0 Å². The van der Waals surface area contributed by atoms with Crippen molar-refractivity contribution in [3.8, 4) is 0 Å². The van der Waals surface area contributed by atoms with Crippen molar-refractivity contribution in [2.75, 3.05) is 22.5 Å². The van der Waals surface area contributed by atoms with E-state index in [4.69, 9.17) is 0 Å². The Bertz CT molecular complexity index is 750. The lowest BCUT2D eigenvalue weighted by molar-refractivity contribution is -0.117. The van der Waals surface area contributed by atoms with Crippen LogP contribution in [-0.2, 0) is 16.0 Å². The molecule has 26 heavy (non-hydrogen) atoms. The average molecular weight is 351 g/mol. The molecule has 3 rings (SSSR count). The molecular formula is C21H25N3O2. The smallest absolute Gasteiger partial charge is 0.243 e. The lowest BCUT2D eigenvalue weighted by atomic mass is 10.1. The number of hydrogen-bond donors (Lipinski definition) is 3. The number of hydrogen-bond acceptors (Lipinski definition) is 3. The third kappa shape index (κ3) is 5.34. The standard InChI is InChI=1S/C21H25N3O2/c1-2-3-15-4-8-18(9-5-15)23-20(25)14-22-17-10-12-19(13-11-17)24-21(26)16-6-7-16/h4-5,8-13,16,22H,2-3,6-7,14H2,1H3,(H,23,25)(H,24,26). The SMILES string of the molecule is CCCc1ccc(NC(=O)CNc2ccc(NC(=O)C3CC3)cc2)cc1. The molecule has 0 aromatic heterocycles. The van der Waals surface area contributed by atoms with E-state index < -0.39 is 0 Å². The van der Waals surface area contributed by atoms with Crippen LogP contribution in [0.15, 0.2) is 48.5 Å². The van der Waals surface area contributed by atoms with Crippen molar-refractivity contribution in [1.29, 1.82) is 0 Å². The van der Waals surface area contributed by atoms with Gasteiger partial charge < -0.3 is 16.0 Å². The molecule has 2 aromatic rings. The second kappa shape index (κ2) is 8.52. The van der Waals surface area contributed by atoms with Gasteiger partial charge in [-0.05, 0) is 61.2 Å². The normalized spacial score (nSPS) is 13.1. The monoisotopic (exact) mass is 351 g/mol. The van der Waals surface area contributed by atoms with Gasteiger partial charge in [-0.1, -0.05) is 25.5 Å². The molecule has 5 nitrogen and oxygen atoms in total. The van der Waals surface area contributed by atoms with E-state index >= 15 is 0 Å². The van der Waals surface area contributed by atoms with Gasteiger partial charge in [-0.3, -0.25) is 9.59 Å². The molecule has 0 heterocycles. The number of benzene rings is 2. The van der Waals surface area contributed by atoms with Crippen molar-refractivity contribution in [3.63, 3.8) is 0 Å². The molecule has 0 atom stereocenters. The molecule has 0 unspecified atom stereocenters. The third-order valence-electron chi connectivity index (χ3n) is 4.33. The van der Waals surface area contributed by atoms with Crippen LogP contribution in [0.1, 0.15) is 31.7 Å². The first-order valence-corrected chi connectivity index (χ1v) is 9.17. The predicted octanol–water partition coefficient (Wildman–Crippen LogP) is 4.04. The van der Waals surface area contributed by atoms with Gasteiger partial charge >= 0.3 is 0 Å². The van der Waals surface area contributed by atoms with Crippen molar-refractivity contribution in [2.24, 2.45) is 5.92 Å². The van der Waals surface area contributed by atoms with Crippen LogP contribution >= 0.6 is 0 Å². The fourth-order valence-corrected chi connectivity index (χ4v) is 2.69. The first-order chi connectivity index (χ1) is 12.6. The summed E-state index contributed by atoms with van der Waals surface area (Å²) in [5.41, 5.74) is 3.69. The van der Waals surface area contributed by atoms with Gasteiger partial charge in [-0.25, -0.2) is 0 Å². The van der Waals surface area contributed by atoms with Crippen molar-refractivity contribution in [1.82, 2.24) is 0 Å². The minimum atomic E-state index is -0.0978. The van der Waals surface area contributed by atoms with Crippen LogP contribution in [0.4, 0.5) is 17.1 Å². The topological polar surface area (TPSA) is 70.2 Å². The quantitative estimate of drug-likeness (QED) is 0.672. The molecule has 0 aliphatic heterocycles. The zero-order valence-electron chi connectivity index (χ0n) is 15.0. The summed E-state index contributed by atoms with van der Waals surface area (Å²) in [6.07, 6.45) is 4.13. The maximum atomic E-state index is 12.1. The molecule has 136 valence electrons. The molecule has 0 saturated heterocycles. The van der Waals surface area contributed by atoms with Crippen LogP contribution in [0.2, 0.25) is 0 Å². The Hall–Kier alpha value is -2.82. The summed E-state index contributed by atoms with van der Waals surface area (Å²) < 4.78 is 0. The van der Waals surface area contributed by atoms with Crippen molar-refractivity contribution in [3.05, 3.63) is 54.1 Å². The van der Waals surface area contributed by atoms with Crippen molar-refractivity contribution < 1.29 is 9.59 Å². The highest BCUT2D eigenvalue weighted by atomic mass is 16.2. The van der Waals surface area contributed by atoms with Crippen molar-refractivity contribution in [2.45, 2.75) is 32.6 Å². The van der Waals surface area contributed by atoms with E-state index in [0.29, 0.717) is 0 Å². The van der Waals surface area contributed by atoms with E-state index in [1.807, 2.05) is 48.5 Å². The molecular weight excluding hydrogens is 326 g/mol. The van der Waals surface area contributed by atoms with Crippen LogP contribution in [0.25, 0.3) is 0 Å². The summed E-state index contributed by atoms with van der Waals surface area (Å²) >= 11 is 0. The van der Waals surface area contributed by atoms with Crippen molar-refractivity contribution >= 4 is 28.9 Å². The Morgan fingerprint density at radius 1 is 0.885 bits per heavy atom. The Kier molecular flexibility index (Phi) is 5.89. The molecule has 0 spiro atoms. The number of carbonyl (C=O) groups excluding carboxylic acids is 2. The maximum absolute atomic E-state index is 12.1. The van der Waals surface area contributed by atoms with E-state index in [2.05, 4.69) is 22.9 Å². The molecule has 5 heteroatoms. The summed E-state index contributed by atoms with van der Waals surface area (Å²) in [7, 11) is 0. The van der Waals surface area contributed by atoms with Crippen LogP contribution in [0, 0.1) is 5.92 Å². The third-order valence-corrected chi connectivity index (χ3v) is 4.33. The molecule has 2 aromatic carbocycles. The van der Waals surface area contributed by atoms with E-state index in [0.717, 1.165) is 42.7 Å². The highest BCUT2D eigenvalue weighted by molar-refractivity contribution is 5.95. The summed E-state index contributed by atoms with van der Waals surface area (Å²) in [6, 6.07) is 15.3. The molecule has 1 aliphatic rings. The first kappa shape index (κ1) is 18.0. The zero-order chi connectivity index (χ0) is 18.4. The van der Waals surface area contributed by atoms with Gasteiger partial charge in [0.05, 0.1) is 6.54 Å². The zero-order valence-corrected chi connectivity index (χ0v) is 15.0. The van der Waals surface area contributed by atoms with E-state index in [9.17, 15) is 9.59 Å². The van der Waals surface area contributed by atoms with Crippen LogP contribution in [0.5, 0.6) is 0 Å². The van der Waals surface area contributed by atoms with Gasteiger partial charge in [-0.15, -0.1) is 0 Å². The van der Waals surface area contributed by atoms with E-state index in [-0.39, 0.29) is 24.3 Å². The Morgan fingerprint density at radius 2 is 1.46 bits per heavy atom. The lowest BCUT2D eigenvalue weighted by Crippen LogP contribution is -2.21. The van der Waals surface area contributed by atoms with Gasteiger partial charge in [0.1, 0.15) is 0 Å². The molecule has 0 bridgehead atoms. The van der Waals surface area contributed by atoms with Crippen LogP contribution in [-0.4, -0.2) is 18.4 Å². The Morgan fingerprint density at radius 3 is 2.08 bits per heavy atom.